The van der Waals surface area contributed by atoms with Crippen LogP contribution in [0.15, 0.2) is 59.4 Å². The van der Waals surface area contributed by atoms with Gasteiger partial charge in [-0.05, 0) is 41.8 Å². The van der Waals surface area contributed by atoms with Crippen LogP contribution in [0.5, 0.6) is 0 Å². The fourth-order valence-electron chi connectivity index (χ4n) is 3.76. The van der Waals surface area contributed by atoms with E-state index in [0.29, 0.717) is 6.54 Å². The number of nitrogens with zero attached hydrogens (tertiary/aromatic N) is 2. The van der Waals surface area contributed by atoms with Gasteiger partial charge in [-0.2, -0.15) is 0 Å². The van der Waals surface area contributed by atoms with E-state index in [0.717, 1.165) is 61.5 Å². The summed E-state index contributed by atoms with van der Waals surface area (Å²) < 4.78 is 5.17. The van der Waals surface area contributed by atoms with Crippen molar-refractivity contribution in [3.05, 3.63) is 70.5 Å². The van der Waals surface area contributed by atoms with Crippen molar-refractivity contribution in [1.82, 2.24) is 9.88 Å². The van der Waals surface area contributed by atoms with Crippen LogP contribution < -0.4 is 15.8 Å². The van der Waals surface area contributed by atoms with E-state index in [1.807, 2.05) is 30.3 Å². The van der Waals surface area contributed by atoms with Gasteiger partial charge in [-0.15, -0.1) is 0 Å². The second kappa shape index (κ2) is 9.11. The molecule has 0 amide bonds. The van der Waals surface area contributed by atoms with Gasteiger partial charge in [0, 0.05) is 68.8 Å². The van der Waals surface area contributed by atoms with Gasteiger partial charge in [0.2, 0.25) is 0 Å². The van der Waals surface area contributed by atoms with Crippen molar-refractivity contribution in [1.29, 1.82) is 0 Å². The largest absolute Gasteiger partial charge is 0.383 e. The Morgan fingerprint density at radius 1 is 1.03 bits per heavy atom. The minimum absolute atomic E-state index is 0.0424. The molecule has 2 heterocycles. The maximum Gasteiger partial charge on any atom is 0.253 e. The quantitative estimate of drug-likeness (QED) is 0.647. The smallest absolute Gasteiger partial charge is 0.253 e. The van der Waals surface area contributed by atoms with Gasteiger partial charge >= 0.3 is 0 Å². The molecule has 1 aliphatic heterocycles. The predicted molar refractivity (Wildman–Crippen MR) is 119 cm³/mol. The summed E-state index contributed by atoms with van der Waals surface area (Å²) in [6.45, 7) is 6.48. The molecule has 0 bridgehead atoms. The molecule has 0 spiro atoms. The van der Waals surface area contributed by atoms with E-state index in [4.69, 9.17) is 4.74 Å². The third-order valence-electron chi connectivity index (χ3n) is 5.53. The summed E-state index contributed by atoms with van der Waals surface area (Å²) in [5.74, 6) is 0. The normalized spacial score (nSPS) is 15.0. The predicted octanol–water partition coefficient (Wildman–Crippen LogP) is 2.91. The molecule has 0 atom stereocenters. The second-order valence-corrected chi connectivity index (χ2v) is 7.43. The molecule has 3 aromatic rings. The summed E-state index contributed by atoms with van der Waals surface area (Å²) in [7, 11) is 1.75. The highest BCUT2D eigenvalue weighted by Crippen LogP contribution is 2.20. The molecule has 1 aliphatic rings. The van der Waals surface area contributed by atoms with E-state index >= 15 is 0 Å². The van der Waals surface area contributed by atoms with Crippen LogP contribution in [0.3, 0.4) is 0 Å². The standard InChI is InChI=1S/C23H28N4O2/c1-29-15-14-26-10-12-27(13-11-26)21-8-6-20(7-9-21)24-17-19-16-18-4-2-3-5-22(18)25-23(19)28/h2-9,16,24H,10-15,17H2,1H3,(H,25,28). The molecule has 6 nitrogen and oxygen atoms in total. The second-order valence-electron chi connectivity index (χ2n) is 7.43. The molecule has 0 saturated carbocycles. The Balaban J connectivity index is 1.34. The third kappa shape index (κ3) is 4.78. The van der Waals surface area contributed by atoms with Gasteiger partial charge in [-0.1, -0.05) is 18.2 Å². The molecular weight excluding hydrogens is 364 g/mol. The molecule has 0 radical (unpaired) electrons. The molecular formula is C23H28N4O2. The number of ether oxygens (including phenoxy) is 1. The fourth-order valence-corrected chi connectivity index (χ4v) is 3.76. The summed E-state index contributed by atoms with van der Waals surface area (Å²) in [5.41, 5.74) is 3.82. The molecule has 2 aromatic carbocycles. The van der Waals surface area contributed by atoms with Crippen molar-refractivity contribution in [2.45, 2.75) is 6.54 Å². The molecule has 4 rings (SSSR count). The molecule has 2 N–H and O–H groups in total. The number of methoxy groups -OCH3 is 1. The van der Waals surface area contributed by atoms with Gasteiger partial charge < -0.3 is 19.9 Å². The number of aromatic nitrogens is 1. The topological polar surface area (TPSA) is 60.6 Å². The molecule has 0 aliphatic carbocycles. The minimum Gasteiger partial charge on any atom is -0.383 e. The average Bonchev–Trinajstić information content (AvgIpc) is 2.77. The van der Waals surface area contributed by atoms with Crippen molar-refractivity contribution in [3.8, 4) is 0 Å². The van der Waals surface area contributed by atoms with Crippen LogP contribution in [-0.2, 0) is 11.3 Å². The van der Waals surface area contributed by atoms with Crippen molar-refractivity contribution in [2.75, 3.05) is 56.7 Å². The number of rotatable bonds is 7. The lowest BCUT2D eigenvalue weighted by Gasteiger charge is -2.36. The number of anilines is 2. The summed E-state index contributed by atoms with van der Waals surface area (Å²) in [6.07, 6.45) is 0. The number of pyridine rings is 1. The van der Waals surface area contributed by atoms with Crippen molar-refractivity contribution < 1.29 is 4.74 Å². The Hall–Kier alpha value is -2.83. The number of fused-ring (bicyclic) bond motifs is 1. The Morgan fingerprint density at radius 3 is 2.55 bits per heavy atom. The summed E-state index contributed by atoms with van der Waals surface area (Å²) in [6, 6.07) is 18.3. The first-order valence-corrected chi connectivity index (χ1v) is 10.1. The Kier molecular flexibility index (Phi) is 6.12. The molecule has 29 heavy (non-hydrogen) atoms. The molecule has 152 valence electrons. The number of H-pyrrole nitrogens is 1. The zero-order chi connectivity index (χ0) is 20.1. The lowest BCUT2D eigenvalue weighted by molar-refractivity contribution is 0.144. The van der Waals surface area contributed by atoms with E-state index in [-0.39, 0.29) is 5.56 Å². The van der Waals surface area contributed by atoms with Crippen molar-refractivity contribution in [3.63, 3.8) is 0 Å². The van der Waals surface area contributed by atoms with Crippen molar-refractivity contribution >= 4 is 22.3 Å². The molecule has 1 saturated heterocycles. The third-order valence-corrected chi connectivity index (χ3v) is 5.53. The van der Waals surface area contributed by atoms with Gasteiger partial charge in [-0.3, -0.25) is 9.69 Å². The van der Waals surface area contributed by atoms with E-state index < -0.39 is 0 Å². The number of nitrogens with one attached hydrogen (secondary N) is 2. The monoisotopic (exact) mass is 392 g/mol. The number of benzene rings is 2. The van der Waals surface area contributed by atoms with E-state index in [1.54, 1.807) is 7.11 Å². The highest BCUT2D eigenvalue weighted by atomic mass is 16.5. The average molecular weight is 393 g/mol. The fraction of sp³-hybridized carbons (Fsp3) is 0.348. The van der Waals surface area contributed by atoms with Crippen LogP contribution in [0.2, 0.25) is 0 Å². The minimum atomic E-state index is -0.0424. The van der Waals surface area contributed by atoms with Crippen LogP contribution >= 0.6 is 0 Å². The van der Waals surface area contributed by atoms with Crippen LogP contribution in [0.4, 0.5) is 11.4 Å². The van der Waals surface area contributed by atoms with E-state index in [9.17, 15) is 4.79 Å². The van der Waals surface area contributed by atoms with Gasteiger partial charge in [0.05, 0.1) is 6.61 Å². The summed E-state index contributed by atoms with van der Waals surface area (Å²) >= 11 is 0. The SMILES string of the molecule is COCCN1CCN(c2ccc(NCc3cc4ccccc4[nH]c3=O)cc2)CC1. The first kappa shape index (κ1) is 19.5. The highest BCUT2D eigenvalue weighted by Gasteiger charge is 2.16. The number of aromatic amines is 1. The number of hydrogen-bond acceptors (Lipinski definition) is 5. The number of para-hydroxylation sites is 1. The Morgan fingerprint density at radius 2 is 1.79 bits per heavy atom. The van der Waals surface area contributed by atoms with E-state index in [2.05, 4.69) is 44.4 Å². The lowest BCUT2D eigenvalue weighted by Crippen LogP contribution is -2.47. The number of piperazine rings is 1. The zero-order valence-electron chi connectivity index (χ0n) is 16.9. The van der Waals surface area contributed by atoms with Crippen LogP contribution in [0.1, 0.15) is 5.56 Å². The zero-order valence-corrected chi connectivity index (χ0v) is 16.9. The molecule has 1 aromatic heterocycles. The van der Waals surface area contributed by atoms with Gasteiger partial charge in [0.25, 0.3) is 5.56 Å². The highest BCUT2D eigenvalue weighted by molar-refractivity contribution is 5.78. The van der Waals surface area contributed by atoms with Gasteiger partial charge in [-0.25, -0.2) is 0 Å². The summed E-state index contributed by atoms with van der Waals surface area (Å²) in [5, 5.41) is 4.41. The molecule has 0 unspecified atom stereocenters. The van der Waals surface area contributed by atoms with Crippen LogP contribution in [0, 0.1) is 0 Å². The lowest BCUT2D eigenvalue weighted by atomic mass is 10.1. The van der Waals surface area contributed by atoms with Gasteiger partial charge in [0.1, 0.15) is 0 Å². The Bertz CT molecular complexity index is 992. The maximum atomic E-state index is 12.3. The Labute approximate surface area is 171 Å². The van der Waals surface area contributed by atoms with Crippen molar-refractivity contribution in [2.24, 2.45) is 0 Å². The van der Waals surface area contributed by atoms with Crippen LogP contribution in [-0.4, -0.2) is 56.3 Å². The number of hydrogen-bond donors (Lipinski definition) is 2. The molecule has 1 fully saturated rings. The van der Waals surface area contributed by atoms with Crippen LogP contribution in [0.25, 0.3) is 10.9 Å². The maximum absolute atomic E-state index is 12.3. The van der Waals surface area contributed by atoms with Gasteiger partial charge in [0.15, 0.2) is 0 Å². The molecule has 6 heteroatoms. The van der Waals surface area contributed by atoms with E-state index in [1.165, 1.54) is 5.69 Å². The first-order valence-electron chi connectivity index (χ1n) is 10.1. The summed E-state index contributed by atoms with van der Waals surface area (Å²) in [4.78, 5) is 20.1. The first-order chi connectivity index (χ1) is 14.2.